The van der Waals surface area contributed by atoms with E-state index in [1.807, 2.05) is 11.8 Å². The number of hydrogen-bond acceptors (Lipinski definition) is 3. The molecule has 1 heterocycles. The zero-order valence-electron chi connectivity index (χ0n) is 31.4. The minimum atomic E-state index is 0.101. The highest BCUT2D eigenvalue weighted by Gasteiger charge is 2.32. The van der Waals surface area contributed by atoms with Crippen molar-refractivity contribution in [2.24, 2.45) is 16.6 Å². The molecule has 0 saturated carbocycles. The number of allylic oxidation sites excluding steroid dienone is 15. The van der Waals surface area contributed by atoms with Gasteiger partial charge in [-0.3, -0.25) is 0 Å². The van der Waals surface area contributed by atoms with Crippen molar-refractivity contribution in [3.8, 4) is 0 Å². The van der Waals surface area contributed by atoms with Gasteiger partial charge in [0, 0.05) is 35.8 Å². The summed E-state index contributed by atoms with van der Waals surface area (Å²) in [7, 11) is 0. The van der Waals surface area contributed by atoms with Crippen molar-refractivity contribution in [2.45, 2.75) is 106 Å². The third-order valence-corrected chi connectivity index (χ3v) is 11.3. The number of aliphatic hydroxyl groups excluding tert-OH is 1. The Balaban J connectivity index is 1.73. The molecule has 0 bridgehead atoms. The van der Waals surface area contributed by atoms with Crippen LogP contribution in [0.2, 0.25) is 0 Å². The number of nitrogens with two attached hydrogens (primary N) is 1. The number of pyridine rings is 1. The minimum absolute atomic E-state index is 0.101. The van der Waals surface area contributed by atoms with Gasteiger partial charge in [-0.25, -0.2) is 0 Å². The summed E-state index contributed by atoms with van der Waals surface area (Å²) in [4.78, 5) is 0. The Morgan fingerprint density at radius 3 is 2.25 bits per heavy atom. The fraction of sp³-hybridized carbons (Fsp3) is 0.477. The van der Waals surface area contributed by atoms with E-state index < -0.39 is 0 Å². The van der Waals surface area contributed by atoms with Gasteiger partial charge in [-0.2, -0.15) is 16.3 Å². The van der Waals surface area contributed by atoms with Crippen LogP contribution in [0.5, 0.6) is 0 Å². The highest BCUT2D eigenvalue weighted by atomic mass is 32.2. The van der Waals surface area contributed by atoms with E-state index in [0.717, 1.165) is 29.1 Å². The van der Waals surface area contributed by atoms with Crippen LogP contribution in [-0.4, -0.2) is 29.3 Å². The molecule has 0 amide bonds. The Morgan fingerprint density at radius 2 is 1.58 bits per heavy atom. The number of thioether (sulfide) groups is 1. The van der Waals surface area contributed by atoms with E-state index in [0.29, 0.717) is 11.8 Å². The van der Waals surface area contributed by atoms with Crippen LogP contribution < -0.4 is 10.3 Å². The SMILES string of the molecule is CC(C=CC1=C(C)CCCC1(C)C)=CC=CC(C)=Cc1cc(C=CC=C(C)C=CC2=C(C)C(SCCN)CCC2(C)C)cc[n+]1CCO. The lowest BCUT2D eigenvalue weighted by Crippen LogP contribution is -2.38. The van der Waals surface area contributed by atoms with Crippen molar-refractivity contribution in [3.63, 3.8) is 0 Å². The van der Waals surface area contributed by atoms with Crippen molar-refractivity contribution >= 4 is 23.9 Å². The Bertz CT molecular complexity index is 1540. The molecule has 1 aromatic rings. The highest BCUT2D eigenvalue weighted by molar-refractivity contribution is 8.00. The minimum Gasteiger partial charge on any atom is -0.390 e. The van der Waals surface area contributed by atoms with Gasteiger partial charge in [-0.05, 0) is 99.8 Å². The second-order valence-electron chi connectivity index (χ2n) is 15.0. The lowest BCUT2D eigenvalue weighted by molar-refractivity contribution is -0.699. The van der Waals surface area contributed by atoms with Gasteiger partial charge in [0.1, 0.15) is 6.61 Å². The van der Waals surface area contributed by atoms with E-state index in [1.165, 1.54) is 65.5 Å². The summed E-state index contributed by atoms with van der Waals surface area (Å²) in [6.45, 7) is 21.9. The quantitative estimate of drug-likeness (QED) is 0.153. The van der Waals surface area contributed by atoms with Crippen LogP contribution >= 0.6 is 11.8 Å². The summed E-state index contributed by atoms with van der Waals surface area (Å²) in [6.07, 6.45) is 32.5. The molecule has 0 aliphatic heterocycles. The predicted molar refractivity (Wildman–Crippen MR) is 213 cm³/mol. The molecule has 3 nitrogen and oxygen atoms in total. The van der Waals surface area contributed by atoms with E-state index in [4.69, 9.17) is 5.73 Å². The first-order chi connectivity index (χ1) is 22.8. The molecule has 0 radical (unpaired) electrons. The average molecular weight is 668 g/mol. The molecule has 0 saturated heterocycles. The van der Waals surface area contributed by atoms with Gasteiger partial charge in [0.2, 0.25) is 5.69 Å². The van der Waals surface area contributed by atoms with Gasteiger partial charge in [0.15, 0.2) is 12.7 Å². The van der Waals surface area contributed by atoms with Gasteiger partial charge in [0.25, 0.3) is 0 Å². The molecule has 2 aliphatic rings. The van der Waals surface area contributed by atoms with Gasteiger partial charge in [-0.15, -0.1) is 0 Å². The van der Waals surface area contributed by atoms with Crippen LogP contribution in [0.4, 0.5) is 0 Å². The molecule has 3 rings (SSSR count). The average Bonchev–Trinajstić information content (AvgIpc) is 3.01. The van der Waals surface area contributed by atoms with Crippen molar-refractivity contribution in [1.82, 2.24) is 0 Å². The van der Waals surface area contributed by atoms with Crippen molar-refractivity contribution in [3.05, 3.63) is 123 Å². The Kier molecular flexibility index (Phi) is 15.4. The molecule has 1 unspecified atom stereocenters. The summed E-state index contributed by atoms with van der Waals surface area (Å²) >= 11 is 2.00. The summed E-state index contributed by atoms with van der Waals surface area (Å²) in [5.74, 6) is 1.02. The Morgan fingerprint density at radius 1 is 0.917 bits per heavy atom. The van der Waals surface area contributed by atoms with Crippen LogP contribution in [0, 0.1) is 10.8 Å². The van der Waals surface area contributed by atoms with Gasteiger partial charge in [-0.1, -0.05) is 111 Å². The summed E-state index contributed by atoms with van der Waals surface area (Å²) in [5, 5.41) is 10.3. The van der Waals surface area contributed by atoms with Crippen molar-refractivity contribution in [2.75, 3.05) is 18.9 Å². The second kappa shape index (κ2) is 18.7. The molecule has 4 heteroatoms. The van der Waals surface area contributed by atoms with Crippen LogP contribution in [0.15, 0.2) is 112 Å². The molecular formula is C44H63N2OS+. The first kappa shape index (κ1) is 39.5. The maximum Gasteiger partial charge on any atom is 0.206 e. The zero-order chi connectivity index (χ0) is 35.3. The molecule has 260 valence electrons. The number of nitrogens with zero attached hydrogens (tertiary/aromatic N) is 1. The number of aromatic nitrogens is 1. The van der Waals surface area contributed by atoms with Gasteiger partial charge < -0.3 is 10.8 Å². The first-order valence-corrected chi connectivity index (χ1v) is 18.9. The molecule has 0 aromatic carbocycles. The molecule has 2 aliphatic carbocycles. The molecule has 1 aromatic heterocycles. The van der Waals surface area contributed by atoms with Crippen molar-refractivity contribution in [1.29, 1.82) is 0 Å². The predicted octanol–water partition coefficient (Wildman–Crippen LogP) is 10.7. The lowest BCUT2D eigenvalue weighted by Gasteiger charge is -2.37. The monoisotopic (exact) mass is 667 g/mol. The first-order valence-electron chi connectivity index (χ1n) is 17.9. The molecule has 3 N–H and O–H groups in total. The molecule has 1 atom stereocenters. The largest absolute Gasteiger partial charge is 0.390 e. The van der Waals surface area contributed by atoms with E-state index in [9.17, 15) is 5.11 Å². The standard InChI is InChI=1S/C44H63N2OS/c1-33(18-20-40-36(4)16-12-24-43(40,6)7)13-10-15-35(3)31-39-32-38(23-27-46(39)28-29-47)17-11-14-34(2)19-21-41-37(5)42(48-30-26-45)22-25-44(41,8)9/h10-11,13-15,17-21,23,27,31-32,42,47H,12,16,22,24-26,28-30,45H2,1-9H3/q+1. The Labute approximate surface area is 297 Å². The smallest absolute Gasteiger partial charge is 0.206 e. The topological polar surface area (TPSA) is 50.1 Å². The molecule has 0 spiro atoms. The maximum atomic E-state index is 9.68. The normalized spacial score (nSPS) is 21.2. The molecule has 48 heavy (non-hydrogen) atoms. The van der Waals surface area contributed by atoms with E-state index in [-0.39, 0.29) is 17.4 Å². The fourth-order valence-corrected chi connectivity index (χ4v) is 8.01. The van der Waals surface area contributed by atoms with E-state index in [1.54, 1.807) is 0 Å². The number of aliphatic hydroxyl groups is 1. The highest BCUT2D eigenvalue weighted by Crippen LogP contribution is 2.44. The van der Waals surface area contributed by atoms with Crippen LogP contribution in [0.1, 0.15) is 106 Å². The number of hydrogen-bond donors (Lipinski definition) is 2. The summed E-state index contributed by atoms with van der Waals surface area (Å²) in [5.41, 5.74) is 18.0. The third-order valence-electron chi connectivity index (χ3n) is 9.85. The van der Waals surface area contributed by atoms with Crippen LogP contribution in [-0.2, 0) is 6.54 Å². The summed E-state index contributed by atoms with van der Waals surface area (Å²) < 4.78 is 2.10. The fourth-order valence-electron chi connectivity index (χ4n) is 6.92. The Hall–Kier alpha value is -2.92. The lowest BCUT2D eigenvalue weighted by atomic mass is 9.72. The molecule has 0 fully saturated rings. The molecular weight excluding hydrogens is 605 g/mol. The van der Waals surface area contributed by atoms with E-state index in [2.05, 4.69) is 152 Å². The summed E-state index contributed by atoms with van der Waals surface area (Å²) in [6, 6.07) is 4.29. The number of rotatable bonds is 14. The van der Waals surface area contributed by atoms with Gasteiger partial charge >= 0.3 is 0 Å². The second-order valence-corrected chi connectivity index (χ2v) is 16.3. The van der Waals surface area contributed by atoms with Crippen LogP contribution in [0.25, 0.3) is 12.2 Å². The van der Waals surface area contributed by atoms with Gasteiger partial charge in [0.05, 0.1) is 0 Å². The zero-order valence-corrected chi connectivity index (χ0v) is 32.2. The van der Waals surface area contributed by atoms with Crippen LogP contribution in [0.3, 0.4) is 0 Å². The van der Waals surface area contributed by atoms with Crippen molar-refractivity contribution < 1.29 is 9.67 Å². The third kappa shape index (κ3) is 11.9. The maximum absolute atomic E-state index is 9.68. The van der Waals surface area contributed by atoms with E-state index >= 15 is 0 Å².